The van der Waals surface area contributed by atoms with E-state index in [0.29, 0.717) is 6.04 Å². The van der Waals surface area contributed by atoms with Crippen molar-refractivity contribution in [3.8, 4) is 0 Å². The number of thiophene rings is 2. The van der Waals surface area contributed by atoms with E-state index in [4.69, 9.17) is 0 Å². The quantitative estimate of drug-likeness (QED) is 0.669. The normalized spacial score (nSPS) is 12.9. The lowest BCUT2D eigenvalue weighted by Gasteiger charge is -2.17. The fourth-order valence-corrected chi connectivity index (χ4v) is 4.25. The van der Waals surface area contributed by atoms with Crippen molar-refractivity contribution in [1.29, 1.82) is 0 Å². The topological polar surface area (TPSA) is 12.0 Å². The number of hydrogen-bond acceptors (Lipinski definition) is 3. The summed E-state index contributed by atoms with van der Waals surface area (Å²) in [5.41, 5.74) is 2.81. The van der Waals surface area contributed by atoms with Crippen molar-refractivity contribution in [1.82, 2.24) is 5.32 Å². The number of hydrogen-bond donors (Lipinski definition) is 1. The van der Waals surface area contributed by atoms with Gasteiger partial charge in [0.15, 0.2) is 0 Å². The second kappa shape index (κ2) is 6.08. The van der Waals surface area contributed by atoms with Gasteiger partial charge >= 0.3 is 0 Å². The first-order valence-electron chi connectivity index (χ1n) is 7.04. The summed E-state index contributed by atoms with van der Waals surface area (Å²) in [6, 6.07) is 11.3. The summed E-state index contributed by atoms with van der Waals surface area (Å²) >= 11 is 3.67. The minimum Gasteiger partial charge on any atom is -0.306 e. The summed E-state index contributed by atoms with van der Waals surface area (Å²) in [5.74, 6) is 0. The molecule has 0 spiro atoms. The fourth-order valence-electron chi connectivity index (χ4n) is 2.53. The number of nitrogens with one attached hydrogen (secondary N) is 1. The Morgan fingerprint density at radius 2 is 2.00 bits per heavy atom. The van der Waals surface area contributed by atoms with Crippen LogP contribution in [0, 0.1) is 6.92 Å². The highest BCUT2D eigenvalue weighted by Crippen LogP contribution is 2.34. The third-order valence-electron chi connectivity index (χ3n) is 3.50. The lowest BCUT2D eigenvalue weighted by atomic mass is 10.00. The summed E-state index contributed by atoms with van der Waals surface area (Å²) in [6.45, 7) is 5.44. The van der Waals surface area contributed by atoms with Crippen LogP contribution in [0.1, 0.15) is 35.4 Å². The zero-order valence-electron chi connectivity index (χ0n) is 11.8. The van der Waals surface area contributed by atoms with E-state index in [1.54, 1.807) is 0 Å². The Bertz CT molecular complexity index is 696. The lowest BCUT2D eigenvalue weighted by Crippen LogP contribution is -2.22. The van der Waals surface area contributed by atoms with Gasteiger partial charge in [-0.3, -0.25) is 0 Å². The van der Waals surface area contributed by atoms with Crippen molar-refractivity contribution in [2.45, 2.75) is 26.3 Å². The van der Waals surface area contributed by atoms with Gasteiger partial charge in [-0.25, -0.2) is 0 Å². The molecule has 0 fully saturated rings. The summed E-state index contributed by atoms with van der Waals surface area (Å²) in [4.78, 5) is 1.38. The maximum Gasteiger partial charge on any atom is 0.0599 e. The van der Waals surface area contributed by atoms with Crippen LogP contribution < -0.4 is 5.32 Å². The molecular formula is C17H19NS2. The molecule has 2 aromatic heterocycles. The van der Waals surface area contributed by atoms with Crippen LogP contribution in [-0.2, 0) is 0 Å². The molecule has 0 aliphatic heterocycles. The molecule has 1 unspecified atom stereocenters. The van der Waals surface area contributed by atoms with E-state index >= 15 is 0 Å². The maximum absolute atomic E-state index is 3.71. The molecule has 1 atom stereocenters. The number of benzene rings is 1. The number of rotatable bonds is 5. The SMILES string of the molecule is CCCNC(c1csc(C)c1)c1csc2ccccc12. The minimum atomic E-state index is 0.316. The third-order valence-corrected chi connectivity index (χ3v) is 5.37. The van der Waals surface area contributed by atoms with Crippen LogP contribution >= 0.6 is 22.7 Å². The largest absolute Gasteiger partial charge is 0.306 e. The Labute approximate surface area is 128 Å². The number of fused-ring (bicyclic) bond motifs is 1. The molecule has 0 aliphatic carbocycles. The Morgan fingerprint density at radius 1 is 1.15 bits per heavy atom. The van der Waals surface area contributed by atoms with Crippen molar-refractivity contribution in [3.05, 3.63) is 57.1 Å². The minimum absolute atomic E-state index is 0.316. The molecule has 0 bridgehead atoms. The molecular weight excluding hydrogens is 282 g/mol. The molecule has 0 radical (unpaired) electrons. The lowest BCUT2D eigenvalue weighted by molar-refractivity contribution is 0.604. The molecule has 1 aromatic carbocycles. The monoisotopic (exact) mass is 301 g/mol. The molecule has 2 heterocycles. The van der Waals surface area contributed by atoms with Crippen molar-refractivity contribution in [2.75, 3.05) is 6.54 Å². The van der Waals surface area contributed by atoms with E-state index in [9.17, 15) is 0 Å². The van der Waals surface area contributed by atoms with E-state index in [1.807, 2.05) is 22.7 Å². The van der Waals surface area contributed by atoms with Gasteiger partial charge < -0.3 is 5.32 Å². The molecule has 0 saturated carbocycles. The van der Waals surface area contributed by atoms with Gasteiger partial charge in [0, 0.05) is 9.58 Å². The molecule has 0 aliphatic rings. The molecule has 1 N–H and O–H groups in total. The van der Waals surface area contributed by atoms with E-state index < -0.39 is 0 Å². The summed E-state index contributed by atoms with van der Waals surface area (Å²) in [6.07, 6.45) is 1.15. The number of aryl methyl sites for hydroxylation is 1. The van der Waals surface area contributed by atoms with E-state index in [0.717, 1.165) is 13.0 Å². The molecule has 1 nitrogen and oxygen atoms in total. The molecule has 0 saturated heterocycles. The maximum atomic E-state index is 3.71. The van der Waals surface area contributed by atoms with Gasteiger partial charge in [-0.2, -0.15) is 0 Å². The van der Waals surface area contributed by atoms with Gasteiger partial charge in [0.05, 0.1) is 6.04 Å². The average Bonchev–Trinajstić information content (AvgIpc) is 3.07. The van der Waals surface area contributed by atoms with Gasteiger partial charge in [0.25, 0.3) is 0 Å². The van der Waals surface area contributed by atoms with Gasteiger partial charge in [-0.1, -0.05) is 25.1 Å². The zero-order chi connectivity index (χ0) is 13.9. The Morgan fingerprint density at radius 3 is 2.75 bits per heavy atom. The Balaban J connectivity index is 2.04. The molecule has 3 heteroatoms. The van der Waals surface area contributed by atoms with Crippen molar-refractivity contribution >= 4 is 32.8 Å². The molecule has 3 aromatic rings. The van der Waals surface area contributed by atoms with E-state index in [2.05, 4.69) is 60.3 Å². The van der Waals surface area contributed by atoms with E-state index in [1.165, 1.54) is 26.1 Å². The molecule has 3 rings (SSSR count). The second-order valence-corrected chi connectivity index (χ2v) is 7.09. The second-order valence-electron chi connectivity index (χ2n) is 5.07. The zero-order valence-corrected chi connectivity index (χ0v) is 13.5. The van der Waals surface area contributed by atoms with Gasteiger partial charge in [0.2, 0.25) is 0 Å². The van der Waals surface area contributed by atoms with Crippen LogP contribution in [-0.4, -0.2) is 6.54 Å². The van der Waals surface area contributed by atoms with Gasteiger partial charge in [-0.15, -0.1) is 22.7 Å². The molecule has 104 valence electrons. The standard InChI is InChI=1S/C17H19NS2/c1-3-8-18-17(13-9-12(2)19-10-13)15-11-20-16-7-5-4-6-14(15)16/h4-7,9-11,17-18H,3,8H2,1-2H3. The first-order chi connectivity index (χ1) is 9.79. The highest BCUT2D eigenvalue weighted by atomic mass is 32.1. The smallest absolute Gasteiger partial charge is 0.0599 e. The van der Waals surface area contributed by atoms with E-state index in [-0.39, 0.29) is 0 Å². The van der Waals surface area contributed by atoms with Gasteiger partial charge in [-0.05, 0) is 59.3 Å². The van der Waals surface area contributed by atoms with Gasteiger partial charge in [0.1, 0.15) is 0 Å². The first-order valence-corrected chi connectivity index (χ1v) is 8.80. The highest BCUT2D eigenvalue weighted by molar-refractivity contribution is 7.17. The molecule has 0 amide bonds. The first kappa shape index (κ1) is 13.8. The average molecular weight is 301 g/mol. The summed E-state index contributed by atoms with van der Waals surface area (Å²) in [5, 5.41) is 9.69. The highest BCUT2D eigenvalue weighted by Gasteiger charge is 2.18. The van der Waals surface area contributed by atoms with Crippen LogP contribution in [0.25, 0.3) is 10.1 Å². The molecule has 20 heavy (non-hydrogen) atoms. The Kier molecular flexibility index (Phi) is 4.20. The van der Waals surface area contributed by atoms with Crippen LogP contribution in [0.4, 0.5) is 0 Å². The third kappa shape index (κ3) is 2.66. The van der Waals surface area contributed by atoms with Crippen molar-refractivity contribution in [3.63, 3.8) is 0 Å². The van der Waals surface area contributed by atoms with Crippen LogP contribution in [0.5, 0.6) is 0 Å². The summed E-state index contributed by atoms with van der Waals surface area (Å²) < 4.78 is 1.37. The van der Waals surface area contributed by atoms with Crippen LogP contribution in [0.2, 0.25) is 0 Å². The predicted molar refractivity (Wildman–Crippen MR) is 91.0 cm³/mol. The van der Waals surface area contributed by atoms with Crippen molar-refractivity contribution < 1.29 is 0 Å². The van der Waals surface area contributed by atoms with Crippen LogP contribution in [0.15, 0.2) is 41.1 Å². The fraction of sp³-hybridized carbons (Fsp3) is 0.294. The van der Waals surface area contributed by atoms with Crippen molar-refractivity contribution in [2.24, 2.45) is 0 Å². The Hall–Kier alpha value is -1.16. The summed E-state index contributed by atoms with van der Waals surface area (Å²) in [7, 11) is 0. The van der Waals surface area contributed by atoms with Crippen LogP contribution in [0.3, 0.4) is 0 Å². The predicted octanol–water partition coefficient (Wildman–Crippen LogP) is 5.36.